The second-order valence-electron chi connectivity index (χ2n) is 10.1. The molecular weight excluding hydrogens is 615 g/mol. The molecule has 2 heterocycles. The summed E-state index contributed by atoms with van der Waals surface area (Å²) in [7, 11) is 1.51. The molecule has 2 amide bonds. The summed E-state index contributed by atoms with van der Waals surface area (Å²) < 4.78 is 18.0. The number of fused-ring (bicyclic) bond motifs is 1. The van der Waals surface area contributed by atoms with Crippen molar-refractivity contribution in [1.82, 2.24) is 20.1 Å². The molecule has 0 spiro atoms. The first-order valence-corrected chi connectivity index (χ1v) is 16.4. The quantitative estimate of drug-likeness (QED) is 0.143. The summed E-state index contributed by atoms with van der Waals surface area (Å²) in [6.07, 6.45) is 2.66. The number of carbonyl (C=O) groups excluding carboxylic acids is 3. The van der Waals surface area contributed by atoms with Gasteiger partial charge < -0.3 is 24.8 Å². The van der Waals surface area contributed by atoms with Gasteiger partial charge in [0.05, 0.1) is 43.2 Å². The number of ether oxygens (including phenoxy) is 3. The van der Waals surface area contributed by atoms with E-state index in [9.17, 15) is 14.4 Å². The van der Waals surface area contributed by atoms with E-state index in [0.717, 1.165) is 35.4 Å². The Kier molecular flexibility index (Phi) is 10.4. The maximum Gasteiger partial charge on any atom is 0.341 e. The van der Waals surface area contributed by atoms with Crippen LogP contribution >= 0.6 is 23.1 Å². The molecule has 2 aromatic heterocycles. The smallest absolute Gasteiger partial charge is 0.341 e. The number of carbonyl (C=O) groups is 3. The minimum absolute atomic E-state index is 0.0713. The van der Waals surface area contributed by atoms with E-state index in [-0.39, 0.29) is 25.0 Å². The van der Waals surface area contributed by atoms with Crippen LogP contribution in [-0.2, 0) is 28.9 Å². The van der Waals surface area contributed by atoms with Crippen LogP contribution in [0.25, 0.3) is 5.69 Å². The standard InChI is InChI=1S/C32H35N5O6S2/c1-5-42-21-16-14-20(15-17-21)37-26(18-33-29(39)22-10-7-8-12-24(22)41-4)35-36-32(37)44-19(3)28(38)34-30-27(31(40)43-6-2)23-11-9-13-25(23)45-30/h7-8,10,12,14-17,19H,5-6,9,11,13,18H2,1-4H3,(H,33,39)(H,34,38)/t19-/m0/s1. The Labute approximate surface area is 269 Å². The Balaban J connectivity index is 1.38. The van der Waals surface area contributed by atoms with Crippen molar-refractivity contribution in [3.05, 3.63) is 75.9 Å². The molecule has 236 valence electrons. The van der Waals surface area contributed by atoms with E-state index in [4.69, 9.17) is 14.2 Å². The largest absolute Gasteiger partial charge is 0.496 e. The summed E-state index contributed by atoms with van der Waals surface area (Å²) in [6.45, 7) is 6.31. The van der Waals surface area contributed by atoms with Gasteiger partial charge in [-0.05, 0) is 82.0 Å². The third-order valence-electron chi connectivity index (χ3n) is 7.15. The highest BCUT2D eigenvalue weighted by atomic mass is 32.2. The monoisotopic (exact) mass is 649 g/mol. The van der Waals surface area contributed by atoms with Crippen LogP contribution in [0.1, 0.15) is 64.2 Å². The molecule has 0 fully saturated rings. The normalized spacial score (nSPS) is 12.7. The second kappa shape index (κ2) is 14.6. The number of amides is 2. The first-order chi connectivity index (χ1) is 21.8. The highest BCUT2D eigenvalue weighted by Gasteiger charge is 2.30. The molecule has 11 nitrogen and oxygen atoms in total. The van der Waals surface area contributed by atoms with Crippen LogP contribution in [0, 0.1) is 0 Å². The molecule has 1 atom stereocenters. The Bertz CT molecular complexity index is 1680. The number of esters is 1. The number of hydrogen-bond acceptors (Lipinski definition) is 10. The maximum absolute atomic E-state index is 13.5. The van der Waals surface area contributed by atoms with Gasteiger partial charge in [-0.15, -0.1) is 21.5 Å². The van der Waals surface area contributed by atoms with Crippen LogP contribution in [0.2, 0.25) is 0 Å². The lowest BCUT2D eigenvalue weighted by atomic mass is 10.1. The fraction of sp³-hybridized carbons (Fsp3) is 0.344. The number of hydrogen-bond donors (Lipinski definition) is 2. The van der Waals surface area contributed by atoms with Crippen molar-refractivity contribution in [1.29, 1.82) is 0 Å². The van der Waals surface area contributed by atoms with Crippen LogP contribution < -0.4 is 20.1 Å². The molecule has 0 aliphatic heterocycles. The maximum atomic E-state index is 13.5. The van der Waals surface area contributed by atoms with Crippen LogP contribution in [-0.4, -0.2) is 58.1 Å². The minimum Gasteiger partial charge on any atom is -0.496 e. The summed E-state index contributed by atoms with van der Waals surface area (Å²) in [4.78, 5) is 40.4. The molecule has 45 heavy (non-hydrogen) atoms. The Morgan fingerprint density at radius 1 is 1.04 bits per heavy atom. The average Bonchev–Trinajstić information content (AvgIpc) is 3.75. The van der Waals surface area contributed by atoms with Crippen LogP contribution in [0.3, 0.4) is 0 Å². The molecule has 2 aromatic carbocycles. The molecule has 0 unspecified atom stereocenters. The highest BCUT2D eigenvalue weighted by Crippen LogP contribution is 2.40. The van der Waals surface area contributed by atoms with E-state index in [1.165, 1.54) is 30.2 Å². The van der Waals surface area contributed by atoms with Crippen molar-refractivity contribution >= 4 is 45.9 Å². The molecule has 2 N–H and O–H groups in total. The van der Waals surface area contributed by atoms with Crippen LogP contribution in [0.15, 0.2) is 53.7 Å². The number of aromatic nitrogens is 3. The summed E-state index contributed by atoms with van der Waals surface area (Å²) in [5, 5.41) is 15.0. The second-order valence-corrected chi connectivity index (χ2v) is 12.5. The molecule has 5 rings (SSSR count). The van der Waals surface area contributed by atoms with Gasteiger partial charge in [0.2, 0.25) is 5.91 Å². The van der Waals surface area contributed by atoms with Gasteiger partial charge in [0.25, 0.3) is 5.91 Å². The summed E-state index contributed by atoms with van der Waals surface area (Å²) in [5.74, 6) is 0.622. The van der Waals surface area contributed by atoms with E-state index in [1.807, 2.05) is 31.2 Å². The van der Waals surface area contributed by atoms with Crippen LogP contribution in [0.5, 0.6) is 11.5 Å². The zero-order chi connectivity index (χ0) is 31.9. The summed E-state index contributed by atoms with van der Waals surface area (Å²) in [5.41, 5.74) is 2.57. The molecule has 4 aromatic rings. The van der Waals surface area contributed by atoms with Crippen LogP contribution in [0.4, 0.5) is 5.00 Å². The molecule has 0 radical (unpaired) electrons. The zero-order valence-electron chi connectivity index (χ0n) is 25.5. The lowest BCUT2D eigenvalue weighted by Gasteiger charge is -2.15. The lowest BCUT2D eigenvalue weighted by molar-refractivity contribution is -0.115. The number of aryl methyl sites for hydroxylation is 1. The van der Waals surface area contributed by atoms with E-state index < -0.39 is 11.2 Å². The van der Waals surface area contributed by atoms with Gasteiger partial charge in [-0.3, -0.25) is 14.2 Å². The zero-order valence-corrected chi connectivity index (χ0v) is 27.2. The fourth-order valence-corrected chi connectivity index (χ4v) is 7.20. The minimum atomic E-state index is -0.598. The van der Waals surface area contributed by atoms with Crippen molar-refractivity contribution < 1.29 is 28.6 Å². The Morgan fingerprint density at radius 2 is 1.82 bits per heavy atom. The number of nitrogens with zero attached hydrogens (tertiary/aromatic N) is 3. The highest BCUT2D eigenvalue weighted by molar-refractivity contribution is 8.00. The SMILES string of the molecule is CCOC(=O)c1c(NC(=O)[C@H](C)Sc2nnc(CNC(=O)c3ccccc3OC)n2-c2ccc(OCC)cc2)sc2c1CCC2. The summed E-state index contributed by atoms with van der Waals surface area (Å²) >= 11 is 2.66. The molecule has 13 heteroatoms. The third kappa shape index (κ3) is 7.15. The number of anilines is 1. The number of para-hydroxylation sites is 1. The molecular formula is C32H35N5O6S2. The van der Waals surface area contributed by atoms with Crippen molar-refractivity contribution in [3.8, 4) is 17.2 Å². The van der Waals surface area contributed by atoms with E-state index in [2.05, 4.69) is 20.8 Å². The first kappa shape index (κ1) is 32.0. The number of benzene rings is 2. The average molecular weight is 650 g/mol. The number of rotatable bonds is 13. The lowest BCUT2D eigenvalue weighted by Crippen LogP contribution is -2.25. The van der Waals surface area contributed by atoms with E-state index in [0.29, 0.717) is 45.2 Å². The molecule has 0 saturated carbocycles. The summed E-state index contributed by atoms with van der Waals surface area (Å²) in [6, 6.07) is 14.4. The predicted octanol–water partition coefficient (Wildman–Crippen LogP) is 5.45. The van der Waals surface area contributed by atoms with Gasteiger partial charge in [-0.1, -0.05) is 23.9 Å². The number of nitrogens with one attached hydrogen (secondary N) is 2. The van der Waals surface area contributed by atoms with Gasteiger partial charge in [-0.25, -0.2) is 4.79 Å². The Hall–Kier alpha value is -4.36. The third-order valence-corrected chi connectivity index (χ3v) is 9.40. The molecule has 1 aliphatic carbocycles. The predicted molar refractivity (Wildman–Crippen MR) is 173 cm³/mol. The van der Waals surface area contributed by atoms with Gasteiger partial charge in [0, 0.05) is 10.6 Å². The van der Waals surface area contributed by atoms with E-state index >= 15 is 0 Å². The topological polar surface area (TPSA) is 134 Å². The number of thiophene rings is 1. The Morgan fingerprint density at radius 3 is 2.56 bits per heavy atom. The molecule has 0 saturated heterocycles. The first-order valence-electron chi connectivity index (χ1n) is 14.7. The molecule has 0 bridgehead atoms. The van der Waals surface area contributed by atoms with Crippen molar-refractivity contribution in [2.45, 2.75) is 57.0 Å². The fourth-order valence-electron chi connectivity index (χ4n) is 5.03. The molecule has 1 aliphatic rings. The van der Waals surface area contributed by atoms with Crippen molar-refractivity contribution in [2.75, 3.05) is 25.6 Å². The van der Waals surface area contributed by atoms with Gasteiger partial charge in [0.1, 0.15) is 16.5 Å². The van der Waals surface area contributed by atoms with E-state index in [1.54, 1.807) is 42.7 Å². The number of thioether (sulfide) groups is 1. The number of methoxy groups -OCH3 is 1. The van der Waals surface area contributed by atoms with Gasteiger partial charge in [-0.2, -0.15) is 0 Å². The van der Waals surface area contributed by atoms with Crippen molar-refractivity contribution in [2.24, 2.45) is 0 Å². The van der Waals surface area contributed by atoms with Gasteiger partial charge in [0.15, 0.2) is 11.0 Å². The van der Waals surface area contributed by atoms with Gasteiger partial charge >= 0.3 is 5.97 Å². The van der Waals surface area contributed by atoms with Crippen molar-refractivity contribution in [3.63, 3.8) is 0 Å².